The van der Waals surface area contributed by atoms with E-state index in [2.05, 4.69) is 10.9 Å². The van der Waals surface area contributed by atoms with Crippen molar-refractivity contribution in [1.82, 2.24) is 10.9 Å². The van der Waals surface area contributed by atoms with Crippen molar-refractivity contribution in [2.75, 3.05) is 0 Å². The highest BCUT2D eigenvalue weighted by molar-refractivity contribution is 7.40. The van der Waals surface area contributed by atoms with Gasteiger partial charge in [-0.05, 0) is 9.13 Å². The summed E-state index contributed by atoms with van der Waals surface area (Å²) in [6, 6.07) is 0. The summed E-state index contributed by atoms with van der Waals surface area (Å²) in [6.45, 7) is 6.05. The molecule has 0 aliphatic rings. The van der Waals surface area contributed by atoms with Gasteiger partial charge in [-0.15, -0.1) is 0 Å². The summed E-state index contributed by atoms with van der Waals surface area (Å²) in [6.07, 6.45) is 0. The molecule has 8 heteroatoms. The van der Waals surface area contributed by atoms with Crippen molar-refractivity contribution in [3.63, 3.8) is 0 Å². The van der Waals surface area contributed by atoms with Crippen LogP contribution in [-0.4, -0.2) is 20.3 Å². The molecule has 0 aliphatic heterocycles. The molecule has 2 atom stereocenters. The standard InChI is InChI=1S/C6H14N2O4P2/c1-5(2,13(9)10)7-8-6(3,4)14(11)12/h7-8H,1-4H3/p+2. The van der Waals surface area contributed by atoms with Crippen LogP contribution in [0.5, 0.6) is 0 Å². The highest BCUT2D eigenvalue weighted by atomic mass is 31.1. The van der Waals surface area contributed by atoms with E-state index in [1.165, 1.54) is 27.7 Å². The van der Waals surface area contributed by atoms with E-state index >= 15 is 0 Å². The summed E-state index contributed by atoms with van der Waals surface area (Å²) in [5.74, 6) is 0. The molecule has 4 N–H and O–H groups in total. The van der Waals surface area contributed by atoms with Gasteiger partial charge in [0.2, 0.25) is 0 Å². The molecule has 0 aromatic rings. The molecular formula is C6H16N2O4P2+2. The first-order chi connectivity index (χ1) is 6.09. The number of nitrogens with one attached hydrogen (secondary N) is 2. The normalized spacial score (nSPS) is 15.3. The minimum absolute atomic E-state index is 1.04. The van der Waals surface area contributed by atoms with Crippen LogP contribution >= 0.6 is 16.1 Å². The van der Waals surface area contributed by atoms with Crippen LogP contribution in [0.4, 0.5) is 0 Å². The van der Waals surface area contributed by atoms with Crippen LogP contribution in [0.2, 0.25) is 0 Å². The molecule has 0 aromatic carbocycles. The third kappa shape index (κ3) is 4.05. The highest BCUT2D eigenvalue weighted by Crippen LogP contribution is 2.34. The maximum absolute atomic E-state index is 10.8. The lowest BCUT2D eigenvalue weighted by Crippen LogP contribution is -2.53. The van der Waals surface area contributed by atoms with Crippen LogP contribution in [0.15, 0.2) is 0 Å². The molecule has 0 saturated carbocycles. The molecule has 82 valence electrons. The first-order valence-corrected chi connectivity index (χ1v) is 6.39. The van der Waals surface area contributed by atoms with Gasteiger partial charge in [0.15, 0.2) is 0 Å². The lowest BCUT2D eigenvalue weighted by atomic mass is 10.4. The van der Waals surface area contributed by atoms with Gasteiger partial charge in [-0.3, -0.25) is 0 Å². The molecule has 14 heavy (non-hydrogen) atoms. The molecule has 0 aromatic heterocycles. The van der Waals surface area contributed by atoms with Crippen molar-refractivity contribution in [3.05, 3.63) is 0 Å². The van der Waals surface area contributed by atoms with Crippen LogP contribution in [0, 0.1) is 0 Å². The quantitative estimate of drug-likeness (QED) is 0.424. The fourth-order valence-electron chi connectivity index (χ4n) is 0.402. The lowest BCUT2D eigenvalue weighted by molar-refractivity contribution is 0.325. The minimum Gasteiger partial charge on any atom is -0.203 e. The van der Waals surface area contributed by atoms with Gasteiger partial charge in [0, 0.05) is 27.7 Å². The number of hydrogen-bond acceptors (Lipinski definition) is 4. The summed E-state index contributed by atoms with van der Waals surface area (Å²) in [5, 5.41) is -2.09. The zero-order valence-electron chi connectivity index (χ0n) is 8.61. The molecule has 0 bridgehead atoms. The first-order valence-electron chi connectivity index (χ1n) is 3.96. The predicted molar refractivity (Wildman–Crippen MR) is 54.1 cm³/mol. The van der Waals surface area contributed by atoms with Crippen molar-refractivity contribution < 1.29 is 18.9 Å². The van der Waals surface area contributed by atoms with Crippen molar-refractivity contribution in [1.29, 1.82) is 0 Å². The van der Waals surface area contributed by atoms with Gasteiger partial charge in [0.05, 0.1) is 0 Å². The maximum atomic E-state index is 10.8. The smallest absolute Gasteiger partial charge is 0.203 e. The Bertz CT molecular complexity index is 228. The predicted octanol–water partition coefficient (Wildman–Crippen LogP) is 1.02. The van der Waals surface area contributed by atoms with Gasteiger partial charge in [0.1, 0.15) is 0 Å². The van der Waals surface area contributed by atoms with E-state index in [0.717, 1.165) is 0 Å². The van der Waals surface area contributed by atoms with Gasteiger partial charge in [-0.25, -0.2) is 10.9 Å². The average molecular weight is 242 g/mol. The Morgan fingerprint density at radius 3 is 1.21 bits per heavy atom. The molecule has 0 amide bonds. The van der Waals surface area contributed by atoms with Gasteiger partial charge >= 0.3 is 16.1 Å². The van der Waals surface area contributed by atoms with Crippen LogP contribution in [0.25, 0.3) is 0 Å². The van der Waals surface area contributed by atoms with Crippen LogP contribution in [0.3, 0.4) is 0 Å². The van der Waals surface area contributed by atoms with E-state index in [4.69, 9.17) is 9.79 Å². The van der Waals surface area contributed by atoms with Crippen LogP contribution in [-0.2, 0) is 9.13 Å². The van der Waals surface area contributed by atoms with Crippen molar-refractivity contribution in [3.8, 4) is 0 Å². The minimum atomic E-state index is -2.42. The van der Waals surface area contributed by atoms with E-state index in [0.29, 0.717) is 0 Å². The molecule has 0 aliphatic carbocycles. The first kappa shape index (κ1) is 14.0. The van der Waals surface area contributed by atoms with Crippen LogP contribution in [0.1, 0.15) is 27.7 Å². The molecule has 0 spiro atoms. The van der Waals surface area contributed by atoms with E-state index in [-0.39, 0.29) is 0 Å². The largest absolute Gasteiger partial charge is 0.528 e. The Labute approximate surface area is 84.8 Å². The Balaban J connectivity index is 4.32. The molecule has 2 unspecified atom stereocenters. The summed E-state index contributed by atoms with van der Waals surface area (Å²) >= 11 is 0. The lowest BCUT2D eigenvalue weighted by Gasteiger charge is -2.18. The SMILES string of the molecule is CC(C)(NNC(C)(C)[P+](=O)O)[P+](=O)O. The van der Waals surface area contributed by atoms with Crippen LogP contribution < -0.4 is 10.9 Å². The number of hydrogen-bond donors (Lipinski definition) is 4. The van der Waals surface area contributed by atoms with Crippen molar-refractivity contribution in [2.24, 2.45) is 0 Å². The maximum Gasteiger partial charge on any atom is 0.528 e. The highest BCUT2D eigenvalue weighted by Gasteiger charge is 2.45. The summed E-state index contributed by atoms with van der Waals surface area (Å²) in [4.78, 5) is 17.8. The third-order valence-corrected chi connectivity index (χ3v) is 3.77. The van der Waals surface area contributed by atoms with E-state index in [1.54, 1.807) is 0 Å². The Kier molecular flexibility index (Phi) is 4.72. The summed E-state index contributed by atoms with van der Waals surface area (Å²) < 4.78 is 21.6. The van der Waals surface area contributed by atoms with Gasteiger partial charge in [-0.1, -0.05) is 0 Å². The zero-order valence-corrected chi connectivity index (χ0v) is 10.4. The topological polar surface area (TPSA) is 98.7 Å². The molecule has 6 nitrogen and oxygen atoms in total. The molecular weight excluding hydrogens is 226 g/mol. The van der Waals surface area contributed by atoms with Gasteiger partial charge in [0.25, 0.3) is 10.6 Å². The number of hydrazine groups is 1. The summed E-state index contributed by atoms with van der Waals surface area (Å²) in [5.41, 5.74) is 5.11. The fourth-order valence-corrected chi connectivity index (χ4v) is 0.705. The van der Waals surface area contributed by atoms with Gasteiger partial charge < -0.3 is 0 Å². The van der Waals surface area contributed by atoms with Crippen molar-refractivity contribution >= 4 is 16.1 Å². The molecule has 0 radical (unpaired) electrons. The second kappa shape index (κ2) is 4.71. The second-order valence-electron chi connectivity index (χ2n) is 3.91. The van der Waals surface area contributed by atoms with E-state index in [1.807, 2.05) is 0 Å². The zero-order chi connectivity index (χ0) is 11.6. The van der Waals surface area contributed by atoms with Crippen molar-refractivity contribution in [2.45, 2.75) is 38.3 Å². The Hall–Kier alpha value is 0.0400. The molecule has 0 saturated heterocycles. The Morgan fingerprint density at radius 2 is 1.07 bits per heavy atom. The van der Waals surface area contributed by atoms with Gasteiger partial charge in [-0.2, -0.15) is 9.79 Å². The molecule has 0 heterocycles. The monoisotopic (exact) mass is 242 g/mol. The average Bonchev–Trinajstić information content (AvgIpc) is 2.01. The fraction of sp³-hybridized carbons (Fsp3) is 1.00. The third-order valence-electron chi connectivity index (χ3n) is 1.63. The molecule has 0 fully saturated rings. The second-order valence-corrected chi connectivity index (χ2v) is 7.24. The summed E-state index contributed by atoms with van der Waals surface area (Å²) in [7, 11) is -4.83. The Morgan fingerprint density at radius 1 is 0.857 bits per heavy atom. The number of rotatable bonds is 5. The van der Waals surface area contributed by atoms with E-state index < -0.39 is 26.6 Å². The molecule has 0 rings (SSSR count). The van der Waals surface area contributed by atoms with E-state index in [9.17, 15) is 9.13 Å².